The number of rotatable bonds is 11. The van der Waals surface area contributed by atoms with E-state index in [1.807, 2.05) is 33.7 Å². The fourth-order valence-electron chi connectivity index (χ4n) is 4.37. The van der Waals surface area contributed by atoms with E-state index in [1.54, 1.807) is 0 Å². The number of aromatic nitrogens is 4. The van der Waals surface area contributed by atoms with E-state index in [9.17, 15) is 24.6 Å². The Bertz CT molecular complexity index is 1490. The van der Waals surface area contributed by atoms with Gasteiger partial charge in [-0.05, 0) is 6.42 Å². The number of hydrogen-bond acceptors (Lipinski definition) is 13. The number of β-lactam (4-membered cyclic amide) rings is 1. The molecule has 0 radical (unpaired) electrons. The van der Waals surface area contributed by atoms with Gasteiger partial charge in [0.2, 0.25) is 16.4 Å². The first-order valence-electron chi connectivity index (χ1n) is 11.9. The number of aliphatic hydroxyl groups excluding tert-OH is 1. The van der Waals surface area contributed by atoms with Gasteiger partial charge in [-0.3, -0.25) is 14.5 Å². The average Bonchev–Trinajstić information content (AvgIpc) is 3.62. The molecule has 0 aliphatic carbocycles. The zero-order chi connectivity index (χ0) is 27.7. The molecule has 0 saturated carbocycles. The number of nitrogens with one attached hydrogen (secondary N) is 1. The van der Waals surface area contributed by atoms with E-state index in [2.05, 4.69) is 19.8 Å². The molecule has 0 spiro atoms. The van der Waals surface area contributed by atoms with Gasteiger partial charge in [-0.25, -0.2) is 4.57 Å². The van der Waals surface area contributed by atoms with Crippen molar-refractivity contribution in [1.29, 1.82) is 0 Å². The molecule has 5 heterocycles. The van der Waals surface area contributed by atoms with Crippen molar-refractivity contribution in [2.24, 2.45) is 5.16 Å². The van der Waals surface area contributed by atoms with Crippen molar-refractivity contribution in [3.63, 3.8) is 0 Å². The minimum Gasteiger partial charge on any atom is -0.543 e. The van der Waals surface area contributed by atoms with Crippen LogP contribution in [0.2, 0.25) is 0 Å². The van der Waals surface area contributed by atoms with Crippen LogP contribution in [0.5, 0.6) is 0 Å². The van der Waals surface area contributed by atoms with Crippen molar-refractivity contribution in [2.45, 2.75) is 37.7 Å². The third-order valence-electron chi connectivity index (χ3n) is 6.06. The summed E-state index contributed by atoms with van der Waals surface area (Å²) in [6.45, 7) is 2.26. The van der Waals surface area contributed by atoms with E-state index >= 15 is 0 Å². The van der Waals surface area contributed by atoms with Crippen LogP contribution in [0.4, 0.5) is 5.13 Å². The highest BCUT2D eigenvalue weighted by Gasteiger charge is 2.53. The number of imidazole rings is 1. The Hall–Kier alpha value is -3.54. The number of carboxylic acids is 1. The molecule has 206 valence electrons. The summed E-state index contributed by atoms with van der Waals surface area (Å²) in [6.07, 6.45) is 4.79. The van der Waals surface area contributed by atoms with Gasteiger partial charge in [0.1, 0.15) is 37.0 Å². The van der Waals surface area contributed by atoms with Crippen molar-refractivity contribution >= 4 is 68.1 Å². The molecule has 2 amide bonds. The molecular weight excluding hydrogens is 568 g/mol. The summed E-state index contributed by atoms with van der Waals surface area (Å²) >= 11 is 3.73. The molecule has 17 heteroatoms. The molecule has 1 saturated heterocycles. The molecular formula is C22H24N8O6S3. The van der Waals surface area contributed by atoms with Crippen LogP contribution in [-0.4, -0.2) is 77.6 Å². The number of thioether (sulfide) groups is 1. The monoisotopic (exact) mass is 592 g/mol. The fourth-order valence-corrected chi connectivity index (χ4v) is 6.93. The molecule has 0 bridgehead atoms. The third-order valence-corrected chi connectivity index (χ3v) is 8.74. The second kappa shape index (κ2) is 11.3. The second-order valence-electron chi connectivity index (χ2n) is 8.59. The SMILES string of the molecule is CCCO/N=C(\C(=O)N[C@@H]1C(=O)N2C(C(=O)[O-])=C(C[n+]3cc4sccn4c3CCO)CS[C@H]12)c1nsc(N)n1. The zero-order valence-corrected chi connectivity index (χ0v) is 23.1. The number of nitrogens with zero attached hydrogens (tertiary/aromatic N) is 6. The summed E-state index contributed by atoms with van der Waals surface area (Å²) in [4.78, 5) is 49.7. The molecule has 3 aromatic rings. The topological polar surface area (TPSA) is 191 Å². The molecule has 39 heavy (non-hydrogen) atoms. The van der Waals surface area contributed by atoms with Crippen LogP contribution in [0.25, 0.3) is 4.83 Å². The zero-order valence-electron chi connectivity index (χ0n) is 20.6. The highest BCUT2D eigenvalue weighted by atomic mass is 32.2. The van der Waals surface area contributed by atoms with Crippen molar-refractivity contribution in [2.75, 3.05) is 24.7 Å². The van der Waals surface area contributed by atoms with Gasteiger partial charge in [0.15, 0.2) is 5.13 Å². The Kier molecular flexibility index (Phi) is 7.83. The van der Waals surface area contributed by atoms with Crippen molar-refractivity contribution in [3.05, 3.63) is 40.7 Å². The third kappa shape index (κ3) is 5.09. The maximum Gasteiger partial charge on any atom is 0.278 e. The van der Waals surface area contributed by atoms with E-state index in [1.165, 1.54) is 23.1 Å². The van der Waals surface area contributed by atoms with Crippen molar-refractivity contribution < 1.29 is 34.0 Å². The van der Waals surface area contributed by atoms with Crippen LogP contribution in [0.3, 0.4) is 0 Å². The van der Waals surface area contributed by atoms with Gasteiger partial charge in [0, 0.05) is 28.2 Å². The smallest absolute Gasteiger partial charge is 0.278 e. The summed E-state index contributed by atoms with van der Waals surface area (Å²) < 4.78 is 7.81. The number of carbonyl (C=O) groups is 3. The number of thiazole rings is 1. The maximum atomic E-state index is 13.1. The number of fused-ring (bicyclic) bond motifs is 2. The first-order valence-corrected chi connectivity index (χ1v) is 14.6. The van der Waals surface area contributed by atoms with Gasteiger partial charge in [-0.15, -0.1) is 11.8 Å². The molecule has 0 aromatic carbocycles. The number of hydrogen-bond donors (Lipinski definition) is 3. The van der Waals surface area contributed by atoms with Gasteiger partial charge in [-0.1, -0.05) is 23.4 Å². The molecule has 0 unspecified atom stereocenters. The normalized spacial score (nSPS) is 19.3. The number of amides is 2. The fraction of sp³-hybridized carbons (Fsp3) is 0.409. The van der Waals surface area contributed by atoms with Gasteiger partial charge in [0.05, 0.1) is 24.7 Å². The molecule has 1 fully saturated rings. The maximum absolute atomic E-state index is 13.1. The molecule has 3 aromatic heterocycles. The van der Waals surface area contributed by atoms with Crippen LogP contribution in [0.15, 0.2) is 34.2 Å². The Balaban J connectivity index is 1.37. The summed E-state index contributed by atoms with van der Waals surface area (Å²) in [5.41, 5.74) is 5.70. The van der Waals surface area contributed by atoms with Crippen LogP contribution in [0.1, 0.15) is 25.0 Å². The number of carbonyl (C=O) groups excluding carboxylic acids is 3. The lowest BCUT2D eigenvalue weighted by molar-refractivity contribution is -0.695. The Morgan fingerprint density at radius 3 is 2.95 bits per heavy atom. The second-order valence-corrected chi connectivity index (χ2v) is 11.4. The lowest BCUT2D eigenvalue weighted by atomic mass is 10.0. The van der Waals surface area contributed by atoms with E-state index in [0.29, 0.717) is 24.2 Å². The first kappa shape index (κ1) is 27.0. The predicted molar refractivity (Wildman–Crippen MR) is 140 cm³/mol. The number of nitrogen functional groups attached to an aromatic ring is 1. The van der Waals surface area contributed by atoms with Crippen LogP contribution in [0, 0.1) is 0 Å². The molecule has 2 atom stereocenters. The standard InChI is InChI=1S/C22H24N8O6S3/c1-2-6-36-26-14(17-25-22(23)39-27-17)18(32)24-15-19(33)30-16(21(34)35)11(10-38-20(15)30)8-28-9-13-29(4-7-37-13)12(28)3-5-31/h4,7,9,15,20,31H,2-3,5-6,8,10H2,1H3,(H3-,23,24,25,27,32,34,35)/b26-14-/t15-,20-/m1/s1. The minimum absolute atomic E-state index is 0.0354. The number of anilines is 1. The molecule has 5 rings (SSSR count). The molecule has 14 nitrogen and oxygen atoms in total. The first-order chi connectivity index (χ1) is 18.8. The Labute approximate surface area is 233 Å². The molecule has 2 aliphatic heterocycles. The predicted octanol–water partition coefficient (Wildman–Crippen LogP) is -1.51. The summed E-state index contributed by atoms with van der Waals surface area (Å²) in [7, 11) is 0. The number of oxime groups is 1. The summed E-state index contributed by atoms with van der Waals surface area (Å²) in [5.74, 6) is -1.74. The van der Waals surface area contributed by atoms with E-state index in [4.69, 9.17) is 10.6 Å². The highest BCUT2D eigenvalue weighted by molar-refractivity contribution is 8.00. The van der Waals surface area contributed by atoms with Gasteiger partial charge < -0.3 is 30.9 Å². The summed E-state index contributed by atoms with van der Waals surface area (Å²) in [5, 5.41) is 29.6. The largest absolute Gasteiger partial charge is 0.543 e. The van der Waals surface area contributed by atoms with Crippen molar-refractivity contribution in [3.8, 4) is 0 Å². The Morgan fingerprint density at radius 1 is 1.44 bits per heavy atom. The van der Waals surface area contributed by atoms with Gasteiger partial charge >= 0.3 is 0 Å². The van der Waals surface area contributed by atoms with Gasteiger partial charge in [-0.2, -0.15) is 13.8 Å². The van der Waals surface area contributed by atoms with E-state index < -0.39 is 29.2 Å². The average molecular weight is 593 g/mol. The van der Waals surface area contributed by atoms with Crippen LogP contribution in [-0.2, 0) is 32.2 Å². The number of nitrogens with two attached hydrogens (primary N) is 1. The van der Waals surface area contributed by atoms with Gasteiger partial charge in [0.25, 0.3) is 17.6 Å². The number of carboxylic acid groups (broad SMARTS) is 1. The van der Waals surface area contributed by atoms with E-state index in [-0.39, 0.29) is 42.1 Å². The number of aliphatic hydroxyl groups is 1. The molecule has 4 N–H and O–H groups in total. The highest BCUT2D eigenvalue weighted by Crippen LogP contribution is 2.40. The van der Waals surface area contributed by atoms with Crippen molar-refractivity contribution in [1.82, 2.24) is 24.0 Å². The van der Waals surface area contributed by atoms with E-state index in [0.717, 1.165) is 27.1 Å². The Morgan fingerprint density at radius 2 is 2.26 bits per heavy atom. The number of aliphatic carboxylic acids is 1. The molecule has 2 aliphatic rings. The van der Waals surface area contributed by atoms with Crippen LogP contribution >= 0.6 is 34.6 Å². The minimum atomic E-state index is -1.48. The quantitative estimate of drug-likeness (QED) is 0.0775. The lowest BCUT2D eigenvalue weighted by Crippen LogP contribution is -2.71. The lowest BCUT2D eigenvalue weighted by Gasteiger charge is -2.50. The van der Waals surface area contributed by atoms with Crippen LogP contribution < -0.4 is 20.7 Å². The summed E-state index contributed by atoms with van der Waals surface area (Å²) in [6, 6.07) is -0.997.